The third-order valence-corrected chi connectivity index (χ3v) is 4.56. The van der Waals surface area contributed by atoms with E-state index in [0.717, 1.165) is 12.3 Å². The zero-order chi connectivity index (χ0) is 19.5. The highest BCUT2D eigenvalue weighted by Crippen LogP contribution is 2.17. The van der Waals surface area contributed by atoms with Crippen LogP contribution in [-0.4, -0.2) is 73.6 Å². The van der Waals surface area contributed by atoms with Gasteiger partial charge in [0.15, 0.2) is 5.84 Å². The Kier molecular flexibility index (Phi) is 9.00. The van der Waals surface area contributed by atoms with E-state index in [9.17, 15) is 10.1 Å². The fraction of sp³-hybridized carbons (Fsp3) is 0.632. The van der Waals surface area contributed by atoms with Crippen molar-refractivity contribution in [3.8, 4) is 5.75 Å². The summed E-state index contributed by atoms with van der Waals surface area (Å²) in [7, 11) is 1.65. The van der Waals surface area contributed by atoms with E-state index in [1.807, 2.05) is 12.1 Å². The van der Waals surface area contributed by atoms with Crippen LogP contribution in [0.5, 0.6) is 5.75 Å². The van der Waals surface area contributed by atoms with Crippen molar-refractivity contribution in [2.24, 2.45) is 0 Å². The molecule has 0 radical (unpaired) electrons. The lowest BCUT2D eigenvalue weighted by Crippen LogP contribution is -2.34. The Balaban J connectivity index is 1.60. The summed E-state index contributed by atoms with van der Waals surface area (Å²) in [5.41, 5.74) is 1.27. The lowest BCUT2D eigenvalue weighted by atomic mass is 10.1. The average Bonchev–Trinajstić information content (AvgIpc) is 2.65. The minimum Gasteiger partial charge on any atom is -0.491 e. The summed E-state index contributed by atoms with van der Waals surface area (Å²) >= 11 is 0. The molecule has 0 amide bonds. The first kappa shape index (κ1) is 21.1. The van der Waals surface area contributed by atoms with E-state index >= 15 is 0 Å². The number of nitrogens with one attached hydrogen (secondary N) is 1. The van der Waals surface area contributed by atoms with Crippen molar-refractivity contribution in [3.05, 3.63) is 39.9 Å². The Morgan fingerprint density at radius 2 is 2.04 bits per heavy atom. The van der Waals surface area contributed by atoms with Crippen molar-refractivity contribution in [1.82, 2.24) is 9.80 Å². The van der Waals surface area contributed by atoms with Gasteiger partial charge < -0.3 is 14.4 Å². The van der Waals surface area contributed by atoms with Gasteiger partial charge in [0, 0.05) is 25.1 Å². The SMILES string of the molecule is CN(CCOCCOc1cccc(CN2CCCCC2)c1)C(=N)C[N+](=O)[O-]. The van der Waals surface area contributed by atoms with Crippen LogP contribution < -0.4 is 4.74 Å². The standard InChI is InChI=1S/C19H30N4O4/c1-21(19(20)16-23(24)25)10-11-26-12-13-27-18-7-5-6-17(14-18)15-22-8-3-2-4-9-22/h5-7,14,20H,2-4,8-13,15-16H2,1H3. The largest absolute Gasteiger partial charge is 0.491 e. The highest BCUT2D eigenvalue weighted by atomic mass is 16.6. The molecule has 1 aromatic rings. The predicted molar refractivity (Wildman–Crippen MR) is 104 cm³/mol. The summed E-state index contributed by atoms with van der Waals surface area (Å²) < 4.78 is 11.2. The molecule has 0 saturated carbocycles. The van der Waals surface area contributed by atoms with Crippen molar-refractivity contribution in [1.29, 1.82) is 5.41 Å². The molecule has 2 rings (SSSR count). The number of likely N-dealkylation sites (N-methyl/N-ethyl adjacent to an activating group) is 1. The van der Waals surface area contributed by atoms with Gasteiger partial charge in [0.1, 0.15) is 12.4 Å². The van der Waals surface area contributed by atoms with Crippen LogP contribution in [0.3, 0.4) is 0 Å². The molecule has 8 heteroatoms. The van der Waals surface area contributed by atoms with Gasteiger partial charge >= 0.3 is 0 Å². The summed E-state index contributed by atoms with van der Waals surface area (Å²) in [6.45, 7) is 4.57. The quantitative estimate of drug-likeness (QED) is 0.209. The number of nitro groups is 1. The highest BCUT2D eigenvalue weighted by Gasteiger charge is 2.11. The van der Waals surface area contributed by atoms with Crippen molar-refractivity contribution < 1.29 is 14.4 Å². The van der Waals surface area contributed by atoms with E-state index in [0.29, 0.717) is 26.4 Å². The van der Waals surface area contributed by atoms with E-state index in [-0.39, 0.29) is 5.84 Å². The lowest BCUT2D eigenvalue weighted by Gasteiger charge is -2.26. The smallest absolute Gasteiger partial charge is 0.259 e. The first-order valence-corrected chi connectivity index (χ1v) is 9.47. The number of ether oxygens (including phenoxy) is 2. The van der Waals surface area contributed by atoms with Crippen LogP contribution in [0.4, 0.5) is 0 Å². The number of benzene rings is 1. The highest BCUT2D eigenvalue weighted by molar-refractivity contribution is 5.79. The molecule has 150 valence electrons. The number of piperidine rings is 1. The van der Waals surface area contributed by atoms with Gasteiger partial charge in [-0.1, -0.05) is 18.6 Å². The van der Waals surface area contributed by atoms with Crippen LogP contribution in [-0.2, 0) is 11.3 Å². The molecular formula is C19H30N4O4. The zero-order valence-corrected chi connectivity index (χ0v) is 16.1. The number of amidine groups is 1. The van der Waals surface area contributed by atoms with Crippen LogP contribution in [0, 0.1) is 15.5 Å². The molecule has 1 saturated heterocycles. The predicted octanol–water partition coefficient (Wildman–Crippen LogP) is 2.25. The second kappa shape index (κ2) is 11.5. The molecule has 0 atom stereocenters. The third-order valence-electron chi connectivity index (χ3n) is 4.56. The minimum absolute atomic E-state index is 0.0228. The van der Waals surface area contributed by atoms with Crippen LogP contribution in [0.25, 0.3) is 0 Å². The second-order valence-corrected chi connectivity index (χ2v) is 6.80. The summed E-state index contributed by atoms with van der Waals surface area (Å²) in [6.07, 6.45) is 3.91. The first-order valence-electron chi connectivity index (χ1n) is 9.47. The minimum atomic E-state index is -0.507. The fourth-order valence-electron chi connectivity index (χ4n) is 3.01. The summed E-state index contributed by atoms with van der Waals surface area (Å²) in [5.74, 6) is 0.823. The normalized spacial score (nSPS) is 14.7. The van der Waals surface area contributed by atoms with Gasteiger partial charge in [0.2, 0.25) is 0 Å². The molecule has 1 heterocycles. The molecule has 0 aliphatic carbocycles. The van der Waals surface area contributed by atoms with E-state index < -0.39 is 11.5 Å². The van der Waals surface area contributed by atoms with Crippen LogP contribution in [0.1, 0.15) is 24.8 Å². The number of rotatable bonds is 11. The molecule has 27 heavy (non-hydrogen) atoms. The molecule has 1 aliphatic heterocycles. The van der Waals surface area contributed by atoms with Crippen molar-refractivity contribution >= 4 is 5.84 Å². The number of hydrogen-bond acceptors (Lipinski definition) is 6. The van der Waals surface area contributed by atoms with Gasteiger partial charge in [-0.15, -0.1) is 0 Å². The molecule has 8 nitrogen and oxygen atoms in total. The monoisotopic (exact) mass is 378 g/mol. The Bertz CT molecular complexity index is 605. The maximum atomic E-state index is 10.4. The van der Waals surface area contributed by atoms with E-state index in [2.05, 4.69) is 17.0 Å². The number of likely N-dealkylation sites (tertiary alicyclic amines) is 1. The van der Waals surface area contributed by atoms with Gasteiger partial charge in [-0.2, -0.15) is 0 Å². The van der Waals surface area contributed by atoms with E-state index in [4.69, 9.17) is 14.9 Å². The van der Waals surface area contributed by atoms with Gasteiger partial charge in [-0.25, -0.2) is 0 Å². The van der Waals surface area contributed by atoms with Crippen LogP contribution in [0.2, 0.25) is 0 Å². The van der Waals surface area contributed by atoms with Gasteiger partial charge in [-0.3, -0.25) is 20.4 Å². The van der Waals surface area contributed by atoms with Crippen LogP contribution >= 0.6 is 0 Å². The van der Waals surface area contributed by atoms with Gasteiger partial charge in [-0.05, 0) is 43.6 Å². The summed E-state index contributed by atoms with van der Waals surface area (Å²) in [4.78, 5) is 13.9. The third kappa shape index (κ3) is 8.36. The Morgan fingerprint density at radius 3 is 2.78 bits per heavy atom. The van der Waals surface area contributed by atoms with Gasteiger partial charge in [0.05, 0.1) is 13.2 Å². The molecular weight excluding hydrogens is 348 g/mol. The van der Waals surface area contributed by atoms with Crippen molar-refractivity contribution in [2.75, 3.05) is 53.0 Å². The topological polar surface area (TPSA) is 91.9 Å². The average molecular weight is 378 g/mol. The number of hydrogen-bond donors (Lipinski definition) is 1. The van der Waals surface area contributed by atoms with E-state index in [1.165, 1.54) is 42.8 Å². The van der Waals surface area contributed by atoms with Crippen LogP contribution in [0.15, 0.2) is 24.3 Å². The molecule has 1 aromatic carbocycles. The molecule has 1 fully saturated rings. The summed E-state index contributed by atoms with van der Waals surface area (Å²) in [5, 5.41) is 18.0. The fourth-order valence-corrected chi connectivity index (χ4v) is 3.01. The summed E-state index contributed by atoms with van der Waals surface area (Å²) in [6, 6.07) is 8.19. The van der Waals surface area contributed by atoms with Gasteiger partial charge in [0.25, 0.3) is 6.54 Å². The lowest BCUT2D eigenvalue weighted by molar-refractivity contribution is -0.464. The first-order chi connectivity index (χ1) is 13.0. The Morgan fingerprint density at radius 1 is 1.26 bits per heavy atom. The zero-order valence-electron chi connectivity index (χ0n) is 16.1. The molecule has 1 N–H and O–H groups in total. The molecule has 0 bridgehead atoms. The molecule has 0 spiro atoms. The number of nitrogens with zero attached hydrogens (tertiary/aromatic N) is 3. The van der Waals surface area contributed by atoms with Crippen molar-refractivity contribution in [2.45, 2.75) is 25.8 Å². The Labute approximate surface area is 160 Å². The molecule has 0 aromatic heterocycles. The van der Waals surface area contributed by atoms with Crippen molar-refractivity contribution in [3.63, 3.8) is 0 Å². The molecule has 1 aliphatic rings. The maximum Gasteiger partial charge on any atom is 0.259 e. The van der Waals surface area contributed by atoms with E-state index in [1.54, 1.807) is 7.05 Å². The molecule has 0 unspecified atom stereocenters. The second-order valence-electron chi connectivity index (χ2n) is 6.80. The Hall–Kier alpha value is -2.19. The maximum absolute atomic E-state index is 10.4.